The highest BCUT2D eigenvalue weighted by Gasteiger charge is 2.20. The average molecular weight is 463 g/mol. The number of rotatable bonds is 9. The van der Waals surface area contributed by atoms with Crippen LogP contribution in [-0.4, -0.2) is 42.5 Å². The van der Waals surface area contributed by atoms with Crippen LogP contribution in [0.15, 0.2) is 78.9 Å². The Balaban J connectivity index is 1.34. The minimum Gasteiger partial charge on any atom is -0.486 e. The molecule has 1 unspecified atom stereocenters. The van der Waals surface area contributed by atoms with Gasteiger partial charge < -0.3 is 9.64 Å². The lowest BCUT2D eigenvalue weighted by Crippen LogP contribution is -2.46. The maximum absolute atomic E-state index is 6.49. The topological polar surface area (TPSA) is 15.7 Å². The van der Waals surface area contributed by atoms with Gasteiger partial charge in [0.05, 0.1) is 0 Å². The average Bonchev–Trinajstić information content (AvgIpc) is 2.84. The molecule has 0 bridgehead atoms. The highest BCUT2D eigenvalue weighted by atomic mass is 35.5. The predicted octanol–water partition coefficient (Wildman–Crippen LogP) is 6.79. The van der Waals surface area contributed by atoms with Crippen LogP contribution in [0.5, 0.6) is 5.75 Å². The normalized spacial score (nSPS) is 16.1. The van der Waals surface area contributed by atoms with Crippen molar-refractivity contribution in [3.8, 4) is 5.75 Å². The van der Waals surface area contributed by atoms with Crippen molar-refractivity contribution >= 4 is 11.6 Å². The maximum atomic E-state index is 6.49. The van der Waals surface area contributed by atoms with E-state index >= 15 is 0 Å². The Kier molecular flexibility index (Phi) is 8.44. The highest BCUT2D eigenvalue weighted by Crippen LogP contribution is 2.28. The minimum absolute atomic E-state index is 0.00881. The summed E-state index contributed by atoms with van der Waals surface area (Å²) in [5.41, 5.74) is 3.90. The zero-order chi connectivity index (χ0) is 23.0. The lowest BCUT2D eigenvalue weighted by molar-refractivity contribution is 0.107. The Bertz CT molecular complexity index is 965. The first-order chi connectivity index (χ1) is 16.1. The zero-order valence-corrected chi connectivity index (χ0v) is 20.5. The summed E-state index contributed by atoms with van der Waals surface area (Å²) in [6.45, 7) is 10.9. The molecule has 0 radical (unpaired) electrons. The molecule has 0 N–H and O–H groups in total. The van der Waals surface area contributed by atoms with E-state index in [1.54, 1.807) is 0 Å². The molecule has 1 aliphatic heterocycles. The standard InChI is InChI=1S/C29H35ClN2O/c1-23(2)25-10-14-28(15-11-25)33-29(26-8-12-27(30)13-9-26)16-17-31-18-20-32(21-19-31)22-24-6-4-3-5-7-24/h3-15,23,29H,16-22H2,1-2H3. The Morgan fingerprint density at radius 1 is 0.758 bits per heavy atom. The van der Waals surface area contributed by atoms with Crippen molar-refractivity contribution in [1.29, 1.82) is 0 Å². The van der Waals surface area contributed by atoms with Gasteiger partial charge in [0, 0.05) is 50.7 Å². The van der Waals surface area contributed by atoms with Gasteiger partial charge in [0.2, 0.25) is 0 Å². The number of halogens is 1. The van der Waals surface area contributed by atoms with Crippen molar-refractivity contribution < 1.29 is 4.74 Å². The van der Waals surface area contributed by atoms with Gasteiger partial charge in [-0.15, -0.1) is 0 Å². The number of benzene rings is 3. The summed E-state index contributed by atoms with van der Waals surface area (Å²) in [6.07, 6.45) is 0.959. The number of hydrogen-bond acceptors (Lipinski definition) is 3. The lowest BCUT2D eigenvalue weighted by atomic mass is 10.0. The van der Waals surface area contributed by atoms with Crippen molar-refractivity contribution in [2.75, 3.05) is 32.7 Å². The molecule has 1 atom stereocenters. The van der Waals surface area contributed by atoms with E-state index in [1.165, 1.54) is 16.7 Å². The smallest absolute Gasteiger partial charge is 0.125 e. The Hall–Kier alpha value is -2.33. The fourth-order valence-corrected chi connectivity index (χ4v) is 4.51. The van der Waals surface area contributed by atoms with Gasteiger partial charge in [0.1, 0.15) is 11.9 Å². The number of hydrogen-bond donors (Lipinski definition) is 0. The first-order valence-corrected chi connectivity index (χ1v) is 12.5. The summed E-state index contributed by atoms with van der Waals surface area (Å²) in [4.78, 5) is 5.12. The molecule has 33 heavy (non-hydrogen) atoms. The fraction of sp³-hybridized carbons (Fsp3) is 0.379. The van der Waals surface area contributed by atoms with E-state index in [0.717, 1.165) is 56.5 Å². The van der Waals surface area contributed by atoms with Gasteiger partial charge in [-0.25, -0.2) is 0 Å². The first kappa shape index (κ1) is 23.8. The van der Waals surface area contributed by atoms with Gasteiger partial charge in [-0.1, -0.05) is 80.0 Å². The second-order valence-corrected chi connectivity index (χ2v) is 9.71. The van der Waals surface area contributed by atoms with Crippen molar-refractivity contribution in [3.63, 3.8) is 0 Å². The SMILES string of the molecule is CC(C)c1ccc(OC(CCN2CCN(Cc3ccccc3)CC2)c2ccc(Cl)cc2)cc1. The van der Waals surface area contributed by atoms with Gasteiger partial charge in [-0.3, -0.25) is 4.90 Å². The van der Waals surface area contributed by atoms with Crippen molar-refractivity contribution in [2.24, 2.45) is 0 Å². The Labute approximate surface area is 203 Å². The Morgan fingerprint density at radius 2 is 1.36 bits per heavy atom. The Morgan fingerprint density at radius 3 is 2.00 bits per heavy atom. The maximum Gasteiger partial charge on any atom is 0.125 e. The molecule has 1 heterocycles. The molecule has 4 heteroatoms. The second kappa shape index (κ2) is 11.7. The van der Waals surface area contributed by atoms with Crippen LogP contribution in [0.3, 0.4) is 0 Å². The van der Waals surface area contributed by atoms with Crippen LogP contribution in [0.25, 0.3) is 0 Å². The van der Waals surface area contributed by atoms with Crippen LogP contribution in [0.4, 0.5) is 0 Å². The van der Waals surface area contributed by atoms with Crippen molar-refractivity contribution in [1.82, 2.24) is 9.80 Å². The minimum atomic E-state index is 0.00881. The summed E-state index contributed by atoms with van der Waals surface area (Å²) in [6, 6.07) is 27.4. The summed E-state index contributed by atoms with van der Waals surface area (Å²) in [7, 11) is 0. The monoisotopic (exact) mass is 462 g/mol. The zero-order valence-electron chi connectivity index (χ0n) is 19.8. The van der Waals surface area contributed by atoms with Gasteiger partial charge in [-0.2, -0.15) is 0 Å². The summed E-state index contributed by atoms with van der Waals surface area (Å²) >= 11 is 6.14. The van der Waals surface area contributed by atoms with Crippen LogP contribution >= 0.6 is 11.6 Å². The number of ether oxygens (including phenoxy) is 1. The lowest BCUT2D eigenvalue weighted by Gasteiger charge is -2.35. The fourth-order valence-electron chi connectivity index (χ4n) is 4.38. The second-order valence-electron chi connectivity index (χ2n) is 9.27. The van der Waals surface area contributed by atoms with Crippen molar-refractivity contribution in [2.45, 2.75) is 38.8 Å². The molecule has 3 aromatic carbocycles. The molecule has 0 spiro atoms. The third-order valence-electron chi connectivity index (χ3n) is 6.49. The molecule has 1 fully saturated rings. The molecular formula is C29H35ClN2O. The molecule has 0 saturated carbocycles. The van der Waals surface area contributed by atoms with Crippen LogP contribution in [-0.2, 0) is 6.54 Å². The van der Waals surface area contributed by atoms with Gasteiger partial charge in [0.15, 0.2) is 0 Å². The predicted molar refractivity (Wildman–Crippen MR) is 138 cm³/mol. The van der Waals surface area contributed by atoms with E-state index in [0.29, 0.717) is 5.92 Å². The molecule has 3 nitrogen and oxygen atoms in total. The van der Waals surface area contributed by atoms with E-state index < -0.39 is 0 Å². The van der Waals surface area contributed by atoms with Crippen LogP contribution in [0, 0.1) is 0 Å². The van der Waals surface area contributed by atoms with E-state index in [2.05, 4.69) is 90.4 Å². The molecule has 4 rings (SSSR count). The van der Waals surface area contributed by atoms with E-state index in [4.69, 9.17) is 16.3 Å². The largest absolute Gasteiger partial charge is 0.486 e. The molecule has 1 aliphatic rings. The van der Waals surface area contributed by atoms with Crippen molar-refractivity contribution in [3.05, 3.63) is 101 Å². The van der Waals surface area contributed by atoms with Gasteiger partial charge in [0.25, 0.3) is 0 Å². The number of piperazine rings is 1. The van der Waals surface area contributed by atoms with Gasteiger partial charge >= 0.3 is 0 Å². The molecule has 174 valence electrons. The van der Waals surface area contributed by atoms with E-state index in [-0.39, 0.29) is 6.10 Å². The molecule has 3 aromatic rings. The molecule has 1 saturated heterocycles. The van der Waals surface area contributed by atoms with E-state index in [1.807, 2.05) is 12.1 Å². The summed E-state index contributed by atoms with van der Waals surface area (Å²) in [5, 5.41) is 0.758. The molecular weight excluding hydrogens is 428 g/mol. The van der Waals surface area contributed by atoms with E-state index in [9.17, 15) is 0 Å². The summed E-state index contributed by atoms with van der Waals surface area (Å²) in [5.74, 6) is 1.44. The molecule has 0 amide bonds. The number of nitrogens with zero attached hydrogens (tertiary/aromatic N) is 2. The summed E-state index contributed by atoms with van der Waals surface area (Å²) < 4.78 is 6.49. The van der Waals surface area contributed by atoms with Crippen LogP contribution in [0.2, 0.25) is 5.02 Å². The molecule has 0 aromatic heterocycles. The highest BCUT2D eigenvalue weighted by molar-refractivity contribution is 6.30. The van der Waals surface area contributed by atoms with Crippen LogP contribution < -0.4 is 4.74 Å². The third-order valence-corrected chi connectivity index (χ3v) is 6.74. The van der Waals surface area contributed by atoms with Crippen LogP contribution in [0.1, 0.15) is 49.0 Å². The first-order valence-electron chi connectivity index (χ1n) is 12.1. The third kappa shape index (κ3) is 7.07. The quantitative estimate of drug-likeness (QED) is 0.348. The molecule has 0 aliphatic carbocycles. The van der Waals surface area contributed by atoms with Gasteiger partial charge in [-0.05, 0) is 46.9 Å².